The van der Waals surface area contributed by atoms with E-state index in [1.165, 1.54) is 4.90 Å². The number of imidazole rings is 1. The van der Waals surface area contributed by atoms with Crippen molar-refractivity contribution in [1.29, 1.82) is 0 Å². The number of oxazole rings is 1. The molecule has 1 aliphatic heterocycles. The second kappa shape index (κ2) is 13.7. The van der Waals surface area contributed by atoms with E-state index in [1.807, 2.05) is 91.8 Å². The highest BCUT2D eigenvalue weighted by molar-refractivity contribution is 5.98. The van der Waals surface area contributed by atoms with Crippen molar-refractivity contribution in [3.05, 3.63) is 54.0 Å². The predicted molar refractivity (Wildman–Crippen MR) is 183 cm³/mol. The number of aromatic amines is 1. The number of hydrogen-bond acceptors (Lipinski definition) is 8. The summed E-state index contributed by atoms with van der Waals surface area (Å²) >= 11 is 0. The zero-order valence-electron chi connectivity index (χ0n) is 29.1. The number of amides is 3. The van der Waals surface area contributed by atoms with Gasteiger partial charge in [0.2, 0.25) is 11.8 Å². The van der Waals surface area contributed by atoms with Gasteiger partial charge in [0, 0.05) is 29.9 Å². The van der Waals surface area contributed by atoms with Crippen LogP contribution in [0.15, 0.2) is 47.0 Å². The van der Waals surface area contributed by atoms with Crippen molar-refractivity contribution in [2.75, 3.05) is 18.4 Å². The number of ether oxygens (including phenoxy) is 2. The lowest BCUT2D eigenvalue weighted by Crippen LogP contribution is -2.45. The summed E-state index contributed by atoms with van der Waals surface area (Å²) in [6.45, 7) is 16.2. The Bertz CT molecular complexity index is 1800. The Morgan fingerprint density at radius 3 is 2.54 bits per heavy atom. The lowest BCUT2D eigenvalue weighted by atomic mass is 10.1. The van der Waals surface area contributed by atoms with Crippen molar-refractivity contribution >= 4 is 34.8 Å². The fourth-order valence-corrected chi connectivity index (χ4v) is 5.63. The largest absolute Gasteiger partial charge is 0.444 e. The first-order chi connectivity index (χ1) is 22.6. The van der Waals surface area contributed by atoms with Crippen LogP contribution in [0.2, 0.25) is 0 Å². The molecule has 12 heteroatoms. The Labute approximate surface area is 281 Å². The number of carbonyl (C=O) groups is 3. The number of hydrogen-bond donors (Lipinski definition) is 2. The first-order valence-electron chi connectivity index (χ1n) is 16.4. The number of anilines is 1. The summed E-state index contributed by atoms with van der Waals surface area (Å²) in [5, 5.41) is 3.01. The minimum atomic E-state index is -0.646. The number of nitrogens with one attached hydrogen (secondary N) is 2. The fourth-order valence-electron chi connectivity index (χ4n) is 5.63. The van der Waals surface area contributed by atoms with Gasteiger partial charge in [-0.2, -0.15) is 0 Å². The molecule has 0 bridgehead atoms. The zero-order chi connectivity index (χ0) is 34.8. The maximum atomic E-state index is 13.3. The minimum absolute atomic E-state index is 0.261. The third kappa shape index (κ3) is 8.15. The maximum absolute atomic E-state index is 13.3. The van der Waals surface area contributed by atoms with E-state index in [0.717, 1.165) is 40.6 Å². The molecule has 5 rings (SSSR count). The summed E-state index contributed by atoms with van der Waals surface area (Å²) in [4.78, 5) is 54.6. The Morgan fingerprint density at radius 1 is 1.08 bits per heavy atom. The van der Waals surface area contributed by atoms with Gasteiger partial charge in [-0.05, 0) is 104 Å². The lowest BCUT2D eigenvalue weighted by molar-refractivity contribution is -0.120. The molecule has 0 saturated carbocycles. The van der Waals surface area contributed by atoms with E-state index in [4.69, 9.17) is 13.9 Å². The zero-order valence-corrected chi connectivity index (χ0v) is 29.1. The molecular formula is C36H46N6O6. The fraction of sp³-hybridized carbons (Fsp3) is 0.472. The van der Waals surface area contributed by atoms with E-state index in [2.05, 4.69) is 20.3 Å². The van der Waals surface area contributed by atoms with E-state index >= 15 is 0 Å². The Kier molecular flexibility index (Phi) is 9.84. The van der Waals surface area contributed by atoms with Crippen LogP contribution >= 0.6 is 0 Å². The summed E-state index contributed by atoms with van der Waals surface area (Å²) in [6, 6.07) is 10.7. The monoisotopic (exact) mass is 658 g/mol. The molecule has 48 heavy (non-hydrogen) atoms. The van der Waals surface area contributed by atoms with Crippen molar-refractivity contribution in [2.24, 2.45) is 0 Å². The van der Waals surface area contributed by atoms with Crippen LogP contribution < -0.4 is 5.32 Å². The molecule has 12 nitrogen and oxygen atoms in total. The second-order valence-electron chi connectivity index (χ2n) is 14.1. The van der Waals surface area contributed by atoms with Crippen molar-refractivity contribution in [3.8, 4) is 22.8 Å². The molecule has 2 aromatic heterocycles. The summed E-state index contributed by atoms with van der Waals surface area (Å²) in [6.07, 6.45) is 2.89. The van der Waals surface area contributed by atoms with E-state index in [-0.39, 0.29) is 12.0 Å². The molecule has 0 aliphatic carbocycles. The van der Waals surface area contributed by atoms with Gasteiger partial charge in [-0.15, -0.1) is 0 Å². The van der Waals surface area contributed by atoms with Crippen LogP contribution in [-0.4, -0.2) is 73.2 Å². The van der Waals surface area contributed by atoms with E-state index in [0.29, 0.717) is 49.2 Å². The molecule has 1 saturated heterocycles. The lowest BCUT2D eigenvalue weighted by Gasteiger charge is -2.28. The number of aromatic nitrogens is 3. The van der Waals surface area contributed by atoms with Crippen molar-refractivity contribution in [3.63, 3.8) is 0 Å². The van der Waals surface area contributed by atoms with Crippen molar-refractivity contribution < 1.29 is 28.3 Å². The Balaban J connectivity index is 1.31. The molecule has 2 aromatic carbocycles. The molecule has 0 unspecified atom stereocenters. The van der Waals surface area contributed by atoms with Crippen molar-refractivity contribution in [1.82, 2.24) is 24.8 Å². The third-order valence-corrected chi connectivity index (χ3v) is 7.81. The molecule has 0 radical (unpaired) electrons. The quantitative estimate of drug-likeness (QED) is 0.196. The molecule has 1 atom stereocenters. The van der Waals surface area contributed by atoms with Gasteiger partial charge in [-0.25, -0.2) is 19.6 Å². The highest BCUT2D eigenvalue weighted by atomic mass is 16.6. The molecule has 2 N–H and O–H groups in total. The van der Waals surface area contributed by atoms with Gasteiger partial charge in [0.05, 0.1) is 23.8 Å². The number of likely N-dealkylation sites (tertiary alicyclic amines) is 1. The van der Waals surface area contributed by atoms with Crippen LogP contribution in [0.25, 0.3) is 33.8 Å². The summed E-state index contributed by atoms with van der Waals surface area (Å²) in [7, 11) is 0. The van der Waals surface area contributed by atoms with Gasteiger partial charge in [0.15, 0.2) is 5.76 Å². The number of carbonyl (C=O) groups excluding carboxylic acids is 3. The molecule has 4 aromatic rings. The van der Waals surface area contributed by atoms with Crippen LogP contribution in [0, 0.1) is 6.92 Å². The number of nitrogens with zero attached hydrogens (tertiary/aromatic N) is 4. The van der Waals surface area contributed by atoms with Crippen LogP contribution in [0.3, 0.4) is 0 Å². The van der Waals surface area contributed by atoms with E-state index in [9.17, 15) is 14.4 Å². The van der Waals surface area contributed by atoms with Gasteiger partial charge in [0.1, 0.15) is 23.1 Å². The molecule has 3 heterocycles. The highest BCUT2D eigenvalue weighted by Gasteiger charge is 2.37. The molecule has 1 aliphatic rings. The smallest absolute Gasteiger partial charge is 0.410 e. The van der Waals surface area contributed by atoms with Crippen LogP contribution in [0.4, 0.5) is 15.3 Å². The molecular weight excluding hydrogens is 612 g/mol. The standard InChI is InChI=1S/C36H46N6O6/c1-9-17-41(33(44)47-35(3,4)5)21-30-38-26-16-15-23(19-27(26)39-30)29-20-37-32(46-29)24-12-10-13-25(22(24)2)40-31(43)28-14-11-18-42(28)34(45)48-36(6,7)8/h10,12-13,15-16,19-20,28H,9,11,14,17-18,21H2,1-8H3,(H,38,39)(H,40,43)/t28-/m0/s1. The second-order valence-corrected chi connectivity index (χ2v) is 14.1. The van der Waals surface area contributed by atoms with Gasteiger partial charge in [-0.3, -0.25) is 9.69 Å². The molecule has 0 spiro atoms. The van der Waals surface area contributed by atoms with Gasteiger partial charge in [-0.1, -0.05) is 13.0 Å². The Hall–Kier alpha value is -4.87. The first-order valence-corrected chi connectivity index (χ1v) is 16.4. The van der Waals surface area contributed by atoms with Crippen molar-refractivity contribution in [2.45, 2.75) is 98.4 Å². The van der Waals surface area contributed by atoms with Gasteiger partial charge in [0.25, 0.3) is 0 Å². The van der Waals surface area contributed by atoms with E-state index < -0.39 is 23.3 Å². The van der Waals surface area contributed by atoms with Crippen LogP contribution in [-0.2, 0) is 20.8 Å². The van der Waals surface area contributed by atoms with Gasteiger partial charge < -0.3 is 29.1 Å². The summed E-state index contributed by atoms with van der Waals surface area (Å²) in [5.74, 6) is 1.37. The molecule has 256 valence electrons. The average Bonchev–Trinajstić information content (AvgIpc) is 3.75. The summed E-state index contributed by atoms with van der Waals surface area (Å²) in [5.41, 5.74) is 3.27. The molecule has 3 amide bonds. The SMILES string of the molecule is CCCN(Cc1nc2ccc(-c3cnc(-c4cccc(NC(=O)[C@@H]5CCCN5C(=O)OC(C)(C)C)c4C)o3)cc2[nH]1)C(=O)OC(C)(C)C. The van der Waals surface area contributed by atoms with Crippen LogP contribution in [0.5, 0.6) is 0 Å². The molecule has 1 fully saturated rings. The number of H-pyrrole nitrogens is 1. The third-order valence-electron chi connectivity index (χ3n) is 7.81. The topological polar surface area (TPSA) is 143 Å². The number of benzene rings is 2. The predicted octanol–water partition coefficient (Wildman–Crippen LogP) is 7.68. The Morgan fingerprint density at radius 2 is 1.83 bits per heavy atom. The highest BCUT2D eigenvalue weighted by Crippen LogP contribution is 2.33. The average molecular weight is 659 g/mol. The van der Waals surface area contributed by atoms with E-state index in [1.54, 1.807) is 11.1 Å². The maximum Gasteiger partial charge on any atom is 0.410 e. The number of rotatable bonds is 8. The normalized spacial score (nSPS) is 15.1. The first kappa shape index (κ1) is 34.5. The minimum Gasteiger partial charge on any atom is -0.444 e. The number of fused-ring (bicyclic) bond motifs is 1. The van der Waals surface area contributed by atoms with Crippen LogP contribution in [0.1, 0.15) is 79.1 Å². The summed E-state index contributed by atoms with van der Waals surface area (Å²) < 4.78 is 17.3. The van der Waals surface area contributed by atoms with Gasteiger partial charge >= 0.3 is 12.2 Å².